The van der Waals surface area contributed by atoms with Gasteiger partial charge in [-0.05, 0) is 20.4 Å². The van der Waals surface area contributed by atoms with Crippen molar-refractivity contribution in [2.45, 2.75) is 25.9 Å². The molecule has 0 unspecified atom stereocenters. The summed E-state index contributed by atoms with van der Waals surface area (Å²) < 4.78 is 10.8. The molecule has 3 rings (SSSR count). The Labute approximate surface area is 147 Å². The molecular formula is C18H25N3O2S. The molecule has 0 N–H and O–H groups in total. The van der Waals surface area contributed by atoms with Gasteiger partial charge in [0.1, 0.15) is 11.5 Å². The number of hydrogen-bond acceptors (Lipinski definition) is 6. The molecule has 1 aromatic heterocycles. The van der Waals surface area contributed by atoms with E-state index in [1.54, 1.807) is 25.6 Å². The summed E-state index contributed by atoms with van der Waals surface area (Å²) in [7, 11) is 5.57. The van der Waals surface area contributed by atoms with E-state index in [4.69, 9.17) is 9.47 Å². The molecule has 1 fully saturated rings. The monoisotopic (exact) mass is 347 g/mol. The van der Waals surface area contributed by atoms with Crippen molar-refractivity contribution in [2.24, 2.45) is 0 Å². The van der Waals surface area contributed by atoms with Gasteiger partial charge in [-0.2, -0.15) is 0 Å². The van der Waals surface area contributed by atoms with Crippen LogP contribution in [0.1, 0.15) is 17.1 Å². The van der Waals surface area contributed by atoms with Gasteiger partial charge in [0, 0.05) is 54.9 Å². The molecule has 1 saturated heterocycles. The van der Waals surface area contributed by atoms with Gasteiger partial charge >= 0.3 is 0 Å². The predicted octanol–water partition coefficient (Wildman–Crippen LogP) is 3.18. The number of ether oxygens (including phenoxy) is 2. The van der Waals surface area contributed by atoms with Gasteiger partial charge in [-0.3, -0.25) is 4.90 Å². The van der Waals surface area contributed by atoms with E-state index in [0.29, 0.717) is 6.04 Å². The first-order chi connectivity index (χ1) is 11.6. The van der Waals surface area contributed by atoms with Crippen LogP contribution in [-0.2, 0) is 6.54 Å². The molecule has 5 nitrogen and oxygen atoms in total. The van der Waals surface area contributed by atoms with Crippen molar-refractivity contribution in [3.8, 4) is 11.5 Å². The van der Waals surface area contributed by atoms with E-state index < -0.39 is 0 Å². The summed E-state index contributed by atoms with van der Waals surface area (Å²) in [6, 6.07) is 6.60. The lowest BCUT2D eigenvalue weighted by Gasteiger charge is -2.25. The smallest absolute Gasteiger partial charge is 0.124 e. The van der Waals surface area contributed by atoms with Crippen molar-refractivity contribution in [1.82, 2.24) is 9.88 Å². The molecule has 0 amide bonds. The maximum absolute atomic E-state index is 5.39. The van der Waals surface area contributed by atoms with Gasteiger partial charge in [0.15, 0.2) is 0 Å². The molecule has 0 saturated carbocycles. The molecule has 1 atom stereocenters. The van der Waals surface area contributed by atoms with Crippen molar-refractivity contribution in [3.63, 3.8) is 0 Å². The molecule has 6 heteroatoms. The molecule has 0 bridgehead atoms. The topological polar surface area (TPSA) is 37.8 Å². The van der Waals surface area contributed by atoms with Crippen molar-refractivity contribution in [1.29, 1.82) is 0 Å². The third kappa shape index (κ3) is 3.82. The Bertz CT molecular complexity index is 666. The number of hydrogen-bond donors (Lipinski definition) is 0. The fourth-order valence-corrected chi connectivity index (χ4v) is 3.78. The highest BCUT2D eigenvalue weighted by molar-refractivity contribution is 7.09. The highest BCUT2D eigenvalue weighted by Crippen LogP contribution is 2.31. The molecule has 2 aromatic rings. The number of rotatable bonds is 6. The van der Waals surface area contributed by atoms with Crippen LogP contribution >= 0.6 is 11.3 Å². The molecule has 2 heterocycles. The number of methoxy groups -OCH3 is 2. The van der Waals surface area contributed by atoms with Crippen LogP contribution in [0.3, 0.4) is 0 Å². The Morgan fingerprint density at radius 3 is 2.54 bits per heavy atom. The summed E-state index contributed by atoms with van der Waals surface area (Å²) >= 11 is 1.72. The first-order valence-electron chi connectivity index (χ1n) is 8.18. The zero-order chi connectivity index (χ0) is 17.1. The lowest BCUT2D eigenvalue weighted by Crippen LogP contribution is -2.34. The van der Waals surface area contributed by atoms with Crippen LogP contribution in [0, 0.1) is 6.92 Å². The Kier molecular flexibility index (Phi) is 5.26. The average molecular weight is 347 g/mol. The fourth-order valence-electron chi connectivity index (χ4n) is 3.18. The Morgan fingerprint density at radius 1 is 1.25 bits per heavy atom. The van der Waals surface area contributed by atoms with Gasteiger partial charge in [0.05, 0.1) is 24.9 Å². The van der Waals surface area contributed by atoms with E-state index in [2.05, 4.69) is 46.3 Å². The van der Waals surface area contributed by atoms with Gasteiger partial charge in [0.25, 0.3) is 0 Å². The maximum Gasteiger partial charge on any atom is 0.124 e. The molecular weight excluding hydrogens is 322 g/mol. The van der Waals surface area contributed by atoms with Crippen molar-refractivity contribution in [3.05, 3.63) is 34.3 Å². The van der Waals surface area contributed by atoms with Crippen LogP contribution in [0.2, 0.25) is 0 Å². The Hall–Kier alpha value is -1.79. The molecule has 1 aliphatic heterocycles. The van der Waals surface area contributed by atoms with E-state index in [-0.39, 0.29) is 0 Å². The van der Waals surface area contributed by atoms with Gasteiger partial charge < -0.3 is 14.4 Å². The van der Waals surface area contributed by atoms with E-state index >= 15 is 0 Å². The van der Waals surface area contributed by atoms with Crippen molar-refractivity contribution < 1.29 is 9.47 Å². The minimum absolute atomic E-state index is 0.532. The average Bonchev–Trinajstić information content (AvgIpc) is 3.23. The molecule has 0 spiro atoms. The van der Waals surface area contributed by atoms with Gasteiger partial charge in [-0.1, -0.05) is 0 Å². The number of likely N-dealkylation sites (N-methyl/N-ethyl adjacent to an activating group) is 1. The lowest BCUT2D eigenvalue weighted by atomic mass is 10.2. The summed E-state index contributed by atoms with van der Waals surface area (Å²) in [5.74, 6) is 1.67. The largest absolute Gasteiger partial charge is 0.497 e. The van der Waals surface area contributed by atoms with E-state index in [9.17, 15) is 0 Å². The molecule has 24 heavy (non-hydrogen) atoms. The Balaban J connectivity index is 1.66. The standard InChI is InChI=1S/C18H25N3O2S/c1-13-19-14(12-24-13)10-20(2)15-5-6-21(11-15)16-7-17(22-3)9-18(8-16)23-4/h7-9,12,15H,5-6,10-11H2,1-4H3/t15-/m0/s1. The normalized spacial score (nSPS) is 17.5. The van der Waals surface area contributed by atoms with E-state index in [1.807, 2.05) is 6.07 Å². The highest BCUT2D eigenvalue weighted by Gasteiger charge is 2.26. The summed E-state index contributed by atoms with van der Waals surface area (Å²) in [6.45, 7) is 5.02. The molecule has 1 aliphatic rings. The summed E-state index contributed by atoms with van der Waals surface area (Å²) in [5, 5.41) is 3.29. The SMILES string of the molecule is COc1cc(OC)cc(N2CC[C@H](N(C)Cc3csc(C)n3)C2)c1. The van der Waals surface area contributed by atoms with Crippen LogP contribution < -0.4 is 14.4 Å². The number of benzene rings is 1. The fraction of sp³-hybridized carbons (Fsp3) is 0.500. The van der Waals surface area contributed by atoms with E-state index in [0.717, 1.165) is 48.2 Å². The van der Waals surface area contributed by atoms with Crippen LogP contribution in [0.4, 0.5) is 5.69 Å². The summed E-state index contributed by atoms with van der Waals surface area (Å²) in [4.78, 5) is 9.38. The van der Waals surface area contributed by atoms with Crippen molar-refractivity contribution in [2.75, 3.05) is 39.3 Å². The minimum atomic E-state index is 0.532. The first kappa shape index (κ1) is 17.0. The molecule has 130 valence electrons. The minimum Gasteiger partial charge on any atom is -0.497 e. The van der Waals surface area contributed by atoms with Crippen molar-refractivity contribution >= 4 is 17.0 Å². The second-order valence-corrected chi connectivity index (χ2v) is 7.29. The van der Waals surface area contributed by atoms with Crippen LogP contribution in [0.15, 0.2) is 23.6 Å². The number of thiazole rings is 1. The zero-order valence-electron chi connectivity index (χ0n) is 14.8. The first-order valence-corrected chi connectivity index (χ1v) is 9.06. The number of aryl methyl sites for hydroxylation is 1. The summed E-state index contributed by atoms with van der Waals surface area (Å²) in [5.41, 5.74) is 2.33. The van der Waals surface area contributed by atoms with Crippen LogP contribution in [-0.4, -0.2) is 50.3 Å². The maximum atomic E-state index is 5.39. The molecule has 1 aromatic carbocycles. The number of aromatic nitrogens is 1. The third-order valence-electron chi connectivity index (χ3n) is 4.57. The highest BCUT2D eigenvalue weighted by atomic mass is 32.1. The quantitative estimate of drug-likeness (QED) is 0.802. The molecule has 0 radical (unpaired) electrons. The van der Waals surface area contributed by atoms with Crippen LogP contribution in [0.5, 0.6) is 11.5 Å². The van der Waals surface area contributed by atoms with Gasteiger partial charge in [0.2, 0.25) is 0 Å². The van der Waals surface area contributed by atoms with Gasteiger partial charge in [-0.25, -0.2) is 4.98 Å². The predicted molar refractivity (Wildman–Crippen MR) is 98.5 cm³/mol. The third-order valence-corrected chi connectivity index (χ3v) is 5.39. The Morgan fingerprint density at radius 2 is 1.96 bits per heavy atom. The lowest BCUT2D eigenvalue weighted by molar-refractivity contribution is 0.248. The zero-order valence-corrected chi connectivity index (χ0v) is 15.6. The van der Waals surface area contributed by atoms with Gasteiger partial charge in [-0.15, -0.1) is 11.3 Å². The summed E-state index contributed by atoms with van der Waals surface area (Å²) in [6.07, 6.45) is 1.15. The van der Waals surface area contributed by atoms with Crippen LogP contribution in [0.25, 0.3) is 0 Å². The number of anilines is 1. The number of nitrogens with zero attached hydrogens (tertiary/aromatic N) is 3. The van der Waals surface area contributed by atoms with E-state index in [1.165, 1.54) is 5.69 Å². The molecule has 0 aliphatic carbocycles. The second-order valence-electron chi connectivity index (χ2n) is 6.23. The second kappa shape index (κ2) is 7.40.